The van der Waals surface area contributed by atoms with E-state index in [0.29, 0.717) is 53.5 Å². The van der Waals surface area contributed by atoms with Crippen molar-refractivity contribution in [2.75, 3.05) is 13.7 Å². The molecule has 2 heterocycles. The van der Waals surface area contributed by atoms with Crippen LogP contribution in [0.3, 0.4) is 0 Å². The molecule has 1 aromatic heterocycles. The molecular formula is C34H31BrCl2N2O6S. The Labute approximate surface area is 288 Å². The second kappa shape index (κ2) is 14.5. The lowest BCUT2D eigenvalue weighted by Crippen LogP contribution is -2.40. The lowest BCUT2D eigenvalue weighted by Gasteiger charge is -2.25. The van der Waals surface area contributed by atoms with Gasteiger partial charge in [-0.15, -0.1) is 0 Å². The van der Waals surface area contributed by atoms with Crippen molar-refractivity contribution in [3.8, 4) is 17.2 Å². The average molecular weight is 747 g/mol. The van der Waals surface area contributed by atoms with Crippen LogP contribution in [0.5, 0.6) is 17.2 Å². The highest BCUT2D eigenvalue weighted by Gasteiger charge is 2.34. The Morgan fingerprint density at radius 2 is 1.83 bits per heavy atom. The van der Waals surface area contributed by atoms with Gasteiger partial charge in [-0.05, 0) is 87.4 Å². The third-order valence-corrected chi connectivity index (χ3v) is 9.24. The molecule has 8 nitrogen and oxygen atoms in total. The highest BCUT2D eigenvalue weighted by molar-refractivity contribution is 9.10. The van der Waals surface area contributed by atoms with Crippen LogP contribution < -0.4 is 29.1 Å². The minimum atomic E-state index is -0.813. The van der Waals surface area contributed by atoms with Crippen LogP contribution in [0.15, 0.2) is 80.1 Å². The van der Waals surface area contributed by atoms with Crippen molar-refractivity contribution in [2.45, 2.75) is 46.4 Å². The van der Waals surface area contributed by atoms with Crippen LogP contribution in [0.25, 0.3) is 6.08 Å². The summed E-state index contributed by atoms with van der Waals surface area (Å²) in [5.74, 6) is 1.04. The summed E-state index contributed by atoms with van der Waals surface area (Å²) in [6.45, 7) is 7.73. The number of methoxy groups -OCH3 is 1. The molecule has 0 amide bonds. The number of benzene rings is 3. The molecule has 4 aromatic rings. The molecule has 0 radical (unpaired) electrons. The summed E-state index contributed by atoms with van der Waals surface area (Å²) < 4.78 is 25.9. The van der Waals surface area contributed by atoms with E-state index in [1.54, 1.807) is 51.3 Å². The Morgan fingerprint density at radius 3 is 2.52 bits per heavy atom. The topological polar surface area (TPSA) is 88.4 Å². The number of hydrogen-bond donors (Lipinski definition) is 0. The summed E-state index contributed by atoms with van der Waals surface area (Å²) in [4.78, 5) is 32.7. The van der Waals surface area contributed by atoms with Gasteiger partial charge >= 0.3 is 5.97 Å². The number of ether oxygens (including phenoxy) is 4. The first-order valence-electron chi connectivity index (χ1n) is 14.4. The van der Waals surface area contributed by atoms with E-state index in [1.165, 1.54) is 15.9 Å². The highest BCUT2D eigenvalue weighted by Crippen LogP contribution is 2.36. The van der Waals surface area contributed by atoms with Gasteiger partial charge in [-0.1, -0.05) is 62.6 Å². The van der Waals surface area contributed by atoms with Crippen LogP contribution in [-0.4, -0.2) is 30.4 Å². The summed E-state index contributed by atoms with van der Waals surface area (Å²) in [6, 6.07) is 15.4. The van der Waals surface area contributed by atoms with Gasteiger partial charge in [-0.25, -0.2) is 9.79 Å². The summed E-state index contributed by atoms with van der Waals surface area (Å²) in [6.07, 6.45) is 1.69. The van der Waals surface area contributed by atoms with E-state index in [4.69, 9.17) is 42.1 Å². The minimum Gasteiger partial charge on any atom is -0.493 e. The maximum Gasteiger partial charge on any atom is 0.338 e. The normalized spacial score (nSPS) is 14.6. The number of halogens is 3. The molecule has 1 atom stereocenters. The number of hydrogen-bond acceptors (Lipinski definition) is 8. The van der Waals surface area contributed by atoms with E-state index in [1.807, 2.05) is 44.2 Å². The van der Waals surface area contributed by atoms with Crippen molar-refractivity contribution < 1.29 is 23.7 Å². The van der Waals surface area contributed by atoms with Crippen molar-refractivity contribution in [3.05, 3.63) is 117 Å². The van der Waals surface area contributed by atoms with Crippen molar-refractivity contribution in [2.24, 2.45) is 4.99 Å². The molecule has 0 unspecified atom stereocenters. The van der Waals surface area contributed by atoms with Crippen molar-refractivity contribution in [1.82, 2.24) is 4.57 Å². The molecule has 5 rings (SSSR count). The van der Waals surface area contributed by atoms with Gasteiger partial charge in [0.05, 0.1) is 51.7 Å². The molecule has 0 fully saturated rings. The lowest BCUT2D eigenvalue weighted by atomic mass is 9.95. The number of thiazole rings is 1. The summed E-state index contributed by atoms with van der Waals surface area (Å²) in [5, 5.41) is 0.898. The van der Waals surface area contributed by atoms with E-state index in [-0.39, 0.29) is 30.5 Å². The van der Waals surface area contributed by atoms with Gasteiger partial charge in [-0.2, -0.15) is 0 Å². The number of nitrogens with zero attached hydrogens (tertiary/aromatic N) is 2. The second-order valence-electron chi connectivity index (χ2n) is 10.6. The predicted octanol–water partition coefficient (Wildman–Crippen LogP) is 7.24. The number of fused-ring (bicyclic) bond motifs is 1. The monoisotopic (exact) mass is 744 g/mol. The largest absolute Gasteiger partial charge is 0.493 e. The molecule has 12 heteroatoms. The van der Waals surface area contributed by atoms with Gasteiger partial charge in [0, 0.05) is 10.0 Å². The van der Waals surface area contributed by atoms with Crippen LogP contribution >= 0.6 is 50.5 Å². The first-order chi connectivity index (χ1) is 22.0. The van der Waals surface area contributed by atoms with Gasteiger partial charge in [0.2, 0.25) is 0 Å². The standard InChI is InChI=1S/C34H31BrCl2N2O6S/c1-6-43-33(41)30-19(4)38-34-39(31(30)21-8-11-27(45-18(2)3)28(15-21)42-5)32(40)29(46-34)16-22-14-23(35)9-12-26(22)44-17-20-7-10-24(36)25(37)13-20/h7-16,18,31H,6,17H2,1-5H3/b29-16-/t31-/m0/s1. The minimum absolute atomic E-state index is 0.0782. The number of aromatic nitrogens is 1. The number of carbonyl (C=O) groups is 1. The third-order valence-electron chi connectivity index (χ3n) is 7.02. The zero-order valence-electron chi connectivity index (χ0n) is 25.7. The zero-order valence-corrected chi connectivity index (χ0v) is 29.6. The van der Waals surface area contributed by atoms with E-state index in [0.717, 1.165) is 10.0 Å². The Kier molecular flexibility index (Phi) is 10.6. The number of carbonyl (C=O) groups excluding carboxylic acids is 1. The highest BCUT2D eigenvalue weighted by atomic mass is 79.9. The second-order valence-corrected chi connectivity index (χ2v) is 13.3. The fourth-order valence-corrected chi connectivity index (χ4v) is 6.74. The number of rotatable bonds is 10. The maximum absolute atomic E-state index is 14.2. The molecule has 0 saturated heterocycles. The van der Waals surface area contributed by atoms with Crippen LogP contribution in [0.2, 0.25) is 10.0 Å². The third kappa shape index (κ3) is 7.20. The van der Waals surface area contributed by atoms with Gasteiger partial charge in [0.25, 0.3) is 5.56 Å². The van der Waals surface area contributed by atoms with E-state index < -0.39 is 12.0 Å². The molecule has 1 aliphatic rings. The Hall–Kier alpha value is -3.57. The van der Waals surface area contributed by atoms with Gasteiger partial charge in [-0.3, -0.25) is 9.36 Å². The molecule has 240 valence electrons. The molecule has 0 saturated carbocycles. The Balaban J connectivity index is 1.63. The average Bonchev–Trinajstić information content (AvgIpc) is 3.31. The van der Waals surface area contributed by atoms with Crippen LogP contribution in [0.4, 0.5) is 0 Å². The molecule has 0 aliphatic carbocycles. The predicted molar refractivity (Wildman–Crippen MR) is 184 cm³/mol. The van der Waals surface area contributed by atoms with Crippen LogP contribution in [0, 0.1) is 0 Å². The SMILES string of the molecule is CCOC(=O)C1=C(C)N=c2s/c(=C\c3cc(Br)ccc3OCc3ccc(Cl)c(Cl)c3)c(=O)n2[C@H]1c1ccc(OC(C)C)c(OC)c1. The maximum atomic E-state index is 14.2. The summed E-state index contributed by atoms with van der Waals surface area (Å²) in [5.41, 5.74) is 2.57. The molecule has 46 heavy (non-hydrogen) atoms. The lowest BCUT2D eigenvalue weighted by molar-refractivity contribution is -0.139. The van der Waals surface area contributed by atoms with E-state index in [2.05, 4.69) is 20.9 Å². The molecule has 0 spiro atoms. The molecular weight excluding hydrogens is 715 g/mol. The van der Waals surface area contributed by atoms with E-state index >= 15 is 0 Å². The Bertz CT molecular complexity index is 2020. The number of allylic oxidation sites excluding steroid dienone is 1. The van der Waals surface area contributed by atoms with Crippen molar-refractivity contribution in [1.29, 1.82) is 0 Å². The van der Waals surface area contributed by atoms with Crippen molar-refractivity contribution in [3.63, 3.8) is 0 Å². The molecule has 0 N–H and O–H groups in total. The van der Waals surface area contributed by atoms with Crippen molar-refractivity contribution >= 4 is 62.5 Å². The smallest absolute Gasteiger partial charge is 0.338 e. The molecule has 0 bridgehead atoms. The fraction of sp³-hybridized carbons (Fsp3) is 0.265. The quantitative estimate of drug-likeness (QED) is 0.159. The van der Waals surface area contributed by atoms with Gasteiger partial charge in [0.1, 0.15) is 12.4 Å². The van der Waals surface area contributed by atoms with Gasteiger partial charge in [0.15, 0.2) is 16.3 Å². The molecule has 3 aromatic carbocycles. The van der Waals surface area contributed by atoms with Gasteiger partial charge < -0.3 is 18.9 Å². The fourth-order valence-electron chi connectivity index (χ4n) is 5.01. The van der Waals surface area contributed by atoms with Crippen LogP contribution in [0.1, 0.15) is 50.4 Å². The summed E-state index contributed by atoms with van der Waals surface area (Å²) >= 11 is 17.0. The van der Waals surface area contributed by atoms with E-state index in [9.17, 15) is 9.59 Å². The zero-order chi connectivity index (χ0) is 33.1. The first-order valence-corrected chi connectivity index (χ1v) is 16.8. The molecule has 1 aliphatic heterocycles. The Morgan fingerprint density at radius 1 is 1.07 bits per heavy atom. The summed E-state index contributed by atoms with van der Waals surface area (Å²) in [7, 11) is 1.55. The van der Waals surface area contributed by atoms with Crippen LogP contribution in [-0.2, 0) is 16.1 Å². The number of esters is 1. The first kappa shape index (κ1) is 33.8.